The van der Waals surface area contributed by atoms with Gasteiger partial charge in [-0.2, -0.15) is 5.10 Å². The van der Waals surface area contributed by atoms with Crippen molar-refractivity contribution in [2.45, 2.75) is 0 Å². The van der Waals surface area contributed by atoms with Gasteiger partial charge >= 0.3 is 5.97 Å². The van der Waals surface area contributed by atoms with Gasteiger partial charge < -0.3 is 4.74 Å². The van der Waals surface area contributed by atoms with Gasteiger partial charge in [0, 0.05) is 29.5 Å². The predicted molar refractivity (Wildman–Crippen MR) is 65.5 cm³/mol. The van der Waals surface area contributed by atoms with E-state index in [4.69, 9.17) is 0 Å². The van der Waals surface area contributed by atoms with Gasteiger partial charge in [0.2, 0.25) is 0 Å². The lowest BCUT2D eigenvalue weighted by molar-refractivity contribution is 0.0593. The summed E-state index contributed by atoms with van der Waals surface area (Å²) in [7, 11) is 3.10. The van der Waals surface area contributed by atoms with Gasteiger partial charge in [-0.25, -0.2) is 4.79 Å². The summed E-state index contributed by atoms with van der Waals surface area (Å²) < 4.78 is 7.12. The molecule has 2 heterocycles. The van der Waals surface area contributed by atoms with Crippen LogP contribution in [0.25, 0.3) is 11.3 Å². The monoisotopic (exact) mass is 295 g/mol. The second-order valence-electron chi connectivity index (χ2n) is 3.42. The van der Waals surface area contributed by atoms with Gasteiger partial charge in [-0.1, -0.05) is 0 Å². The summed E-state index contributed by atoms with van der Waals surface area (Å²) in [5.74, 6) is -0.449. The standard InChI is InChI=1S/C11H10BrN3O2/c1-15-10(4-9(14-15)11(16)17-2)7-3-8(12)6-13-5-7/h3-6H,1-2H3. The fourth-order valence-corrected chi connectivity index (χ4v) is 1.86. The number of ether oxygens (including phenoxy) is 1. The van der Waals surface area contributed by atoms with E-state index < -0.39 is 5.97 Å². The van der Waals surface area contributed by atoms with Crippen LogP contribution in [0.5, 0.6) is 0 Å². The van der Waals surface area contributed by atoms with Crippen molar-refractivity contribution in [1.82, 2.24) is 14.8 Å². The molecule has 0 atom stereocenters. The number of rotatable bonds is 2. The molecule has 2 rings (SSSR count). The Kier molecular flexibility index (Phi) is 3.23. The summed E-state index contributed by atoms with van der Waals surface area (Å²) in [6, 6.07) is 3.58. The summed E-state index contributed by atoms with van der Waals surface area (Å²) in [5.41, 5.74) is 1.97. The van der Waals surface area contributed by atoms with Crippen LogP contribution in [0.3, 0.4) is 0 Å². The molecular formula is C11H10BrN3O2. The number of esters is 1. The van der Waals surface area contributed by atoms with Crippen molar-refractivity contribution < 1.29 is 9.53 Å². The quantitative estimate of drug-likeness (QED) is 0.796. The second kappa shape index (κ2) is 4.67. The van der Waals surface area contributed by atoms with Crippen LogP contribution in [0.4, 0.5) is 0 Å². The number of aromatic nitrogens is 3. The summed E-state index contributed by atoms with van der Waals surface area (Å²) in [5, 5.41) is 4.09. The highest BCUT2D eigenvalue weighted by atomic mass is 79.9. The summed E-state index contributed by atoms with van der Waals surface area (Å²) in [6.45, 7) is 0. The number of methoxy groups -OCH3 is 1. The molecule has 88 valence electrons. The van der Waals surface area contributed by atoms with E-state index in [1.165, 1.54) is 7.11 Å². The molecule has 0 unspecified atom stereocenters. The second-order valence-corrected chi connectivity index (χ2v) is 4.34. The van der Waals surface area contributed by atoms with E-state index in [2.05, 4.69) is 30.7 Å². The molecule has 0 amide bonds. The molecule has 0 fully saturated rings. The Bertz CT molecular complexity index is 566. The molecule has 2 aromatic heterocycles. The smallest absolute Gasteiger partial charge is 0.358 e. The van der Waals surface area contributed by atoms with Crippen LogP contribution >= 0.6 is 15.9 Å². The van der Waals surface area contributed by atoms with E-state index in [1.54, 1.807) is 30.2 Å². The van der Waals surface area contributed by atoms with Crippen LogP contribution in [0.1, 0.15) is 10.5 Å². The summed E-state index contributed by atoms with van der Waals surface area (Å²) in [6.07, 6.45) is 3.41. The van der Waals surface area contributed by atoms with E-state index >= 15 is 0 Å². The van der Waals surface area contributed by atoms with Crippen LogP contribution in [0.2, 0.25) is 0 Å². The van der Waals surface area contributed by atoms with Crippen LogP contribution in [-0.4, -0.2) is 27.8 Å². The van der Waals surface area contributed by atoms with E-state index in [-0.39, 0.29) is 5.69 Å². The minimum atomic E-state index is -0.449. The van der Waals surface area contributed by atoms with Gasteiger partial charge in [-0.05, 0) is 28.1 Å². The number of carbonyl (C=O) groups is 1. The number of pyridine rings is 1. The van der Waals surface area contributed by atoms with Crippen LogP contribution < -0.4 is 0 Å². The van der Waals surface area contributed by atoms with E-state index in [0.29, 0.717) is 0 Å². The molecule has 17 heavy (non-hydrogen) atoms. The molecule has 0 spiro atoms. The van der Waals surface area contributed by atoms with Crippen molar-refractivity contribution >= 4 is 21.9 Å². The number of halogens is 1. The molecule has 0 saturated carbocycles. The first-order valence-corrected chi connectivity index (χ1v) is 5.64. The molecule has 0 aliphatic heterocycles. The molecule has 0 aliphatic rings. The molecule has 0 bridgehead atoms. The largest absolute Gasteiger partial charge is 0.464 e. The average Bonchev–Trinajstić information content (AvgIpc) is 2.70. The van der Waals surface area contributed by atoms with E-state index in [1.807, 2.05) is 6.07 Å². The number of hydrogen-bond acceptors (Lipinski definition) is 4. The maximum Gasteiger partial charge on any atom is 0.358 e. The lowest BCUT2D eigenvalue weighted by atomic mass is 10.2. The Morgan fingerprint density at radius 3 is 2.82 bits per heavy atom. The highest BCUT2D eigenvalue weighted by Gasteiger charge is 2.14. The third-order valence-electron chi connectivity index (χ3n) is 2.27. The normalized spacial score (nSPS) is 10.3. The van der Waals surface area contributed by atoms with Gasteiger partial charge in [0.1, 0.15) is 0 Å². The van der Waals surface area contributed by atoms with Gasteiger partial charge in [0.05, 0.1) is 12.8 Å². The molecule has 0 radical (unpaired) electrons. The molecule has 5 nitrogen and oxygen atoms in total. The molecule has 6 heteroatoms. The Labute approximate surface area is 107 Å². The highest BCUT2D eigenvalue weighted by Crippen LogP contribution is 2.22. The number of carbonyl (C=O) groups excluding carboxylic acids is 1. The van der Waals surface area contributed by atoms with Gasteiger partial charge in [0.25, 0.3) is 0 Å². The van der Waals surface area contributed by atoms with Crippen molar-refractivity contribution in [3.05, 3.63) is 34.7 Å². The fraction of sp³-hybridized carbons (Fsp3) is 0.182. The van der Waals surface area contributed by atoms with E-state index in [0.717, 1.165) is 15.7 Å². The summed E-state index contributed by atoms with van der Waals surface area (Å²) >= 11 is 3.35. The van der Waals surface area contributed by atoms with Gasteiger partial charge in [-0.3, -0.25) is 9.67 Å². The van der Waals surface area contributed by atoms with Crippen LogP contribution in [0.15, 0.2) is 29.0 Å². The zero-order valence-corrected chi connectivity index (χ0v) is 10.9. The molecule has 0 N–H and O–H groups in total. The Hall–Kier alpha value is -1.69. The lowest BCUT2D eigenvalue weighted by Gasteiger charge is -2.00. The van der Waals surface area contributed by atoms with Crippen molar-refractivity contribution in [2.75, 3.05) is 7.11 Å². The first kappa shape index (κ1) is 11.8. The summed E-state index contributed by atoms with van der Waals surface area (Å²) in [4.78, 5) is 15.4. The minimum Gasteiger partial charge on any atom is -0.464 e. The Balaban J connectivity index is 2.46. The van der Waals surface area contributed by atoms with Crippen molar-refractivity contribution in [3.63, 3.8) is 0 Å². The fourth-order valence-electron chi connectivity index (χ4n) is 1.49. The number of hydrogen-bond donors (Lipinski definition) is 0. The highest BCUT2D eigenvalue weighted by molar-refractivity contribution is 9.10. The molecule has 0 saturated heterocycles. The maximum atomic E-state index is 11.4. The first-order chi connectivity index (χ1) is 8.11. The average molecular weight is 296 g/mol. The minimum absolute atomic E-state index is 0.282. The lowest BCUT2D eigenvalue weighted by Crippen LogP contribution is -2.02. The Morgan fingerprint density at radius 2 is 2.18 bits per heavy atom. The van der Waals surface area contributed by atoms with Gasteiger partial charge in [0.15, 0.2) is 5.69 Å². The number of aryl methyl sites for hydroxylation is 1. The zero-order valence-electron chi connectivity index (χ0n) is 9.35. The van der Waals surface area contributed by atoms with Crippen molar-refractivity contribution in [2.24, 2.45) is 7.05 Å². The van der Waals surface area contributed by atoms with Gasteiger partial charge in [-0.15, -0.1) is 0 Å². The zero-order chi connectivity index (χ0) is 12.4. The molecule has 0 aliphatic carbocycles. The molecular weight excluding hydrogens is 286 g/mol. The van der Waals surface area contributed by atoms with Crippen molar-refractivity contribution in [1.29, 1.82) is 0 Å². The predicted octanol–water partition coefficient (Wildman–Crippen LogP) is 2.03. The molecule has 0 aromatic carbocycles. The van der Waals surface area contributed by atoms with Crippen molar-refractivity contribution in [3.8, 4) is 11.3 Å². The van der Waals surface area contributed by atoms with Crippen LogP contribution in [0, 0.1) is 0 Å². The van der Waals surface area contributed by atoms with E-state index in [9.17, 15) is 4.79 Å². The number of nitrogens with zero attached hydrogens (tertiary/aromatic N) is 3. The topological polar surface area (TPSA) is 57.0 Å². The Morgan fingerprint density at radius 1 is 1.41 bits per heavy atom. The SMILES string of the molecule is COC(=O)c1cc(-c2cncc(Br)c2)n(C)n1. The first-order valence-electron chi connectivity index (χ1n) is 4.85. The maximum absolute atomic E-state index is 11.4. The molecule has 2 aromatic rings. The van der Waals surface area contributed by atoms with Crippen LogP contribution in [-0.2, 0) is 11.8 Å². The third kappa shape index (κ3) is 2.36. The third-order valence-corrected chi connectivity index (χ3v) is 2.71.